The summed E-state index contributed by atoms with van der Waals surface area (Å²) in [4.78, 5) is 16.7. The minimum absolute atomic E-state index is 0.0489. The first-order valence-electron chi connectivity index (χ1n) is 5.93. The number of para-hydroxylation sites is 2. The molecule has 106 valence electrons. The molecule has 0 atom stereocenters. The Labute approximate surface area is 119 Å². The van der Waals surface area contributed by atoms with Gasteiger partial charge in [-0.1, -0.05) is 12.1 Å². The van der Waals surface area contributed by atoms with Crippen molar-refractivity contribution in [3.8, 4) is 0 Å². The molecule has 0 unspecified atom stereocenters. The lowest BCUT2D eigenvalue weighted by molar-refractivity contribution is -0.384. The highest BCUT2D eigenvalue weighted by molar-refractivity contribution is 7.91. The van der Waals surface area contributed by atoms with Crippen molar-refractivity contribution in [1.29, 1.82) is 0 Å². The van der Waals surface area contributed by atoms with Crippen LogP contribution in [0, 0.1) is 10.1 Å². The van der Waals surface area contributed by atoms with E-state index in [0.717, 1.165) is 12.1 Å². The highest BCUT2D eigenvalue weighted by atomic mass is 32.2. The number of H-pyrrole nitrogens is 1. The van der Waals surface area contributed by atoms with Crippen molar-refractivity contribution in [3.63, 3.8) is 0 Å². The maximum absolute atomic E-state index is 12.4. The number of nitrogens with zero attached hydrogens (tertiary/aromatic N) is 2. The SMILES string of the molecule is O=[N+]([O-])c1ccc(S(=O)(=O)c2nc3ccccc3[nH]2)cc1. The summed E-state index contributed by atoms with van der Waals surface area (Å²) in [6, 6.07) is 11.6. The number of non-ortho nitro benzene ring substituents is 1. The number of fused-ring (bicyclic) bond motifs is 1. The quantitative estimate of drug-likeness (QED) is 0.590. The van der Waals surface area contributed by atoms with Crippen LogP contribution in [0.4, 0.5) is 5.69 Å². The second-order valence-electron chi connectivity index (χ2n) is 4.31. The van der Waals surface area contributed by atoms with E-state index in [0.29, 0.717) is 11.0 Å². The normalized spacial score (nSPS) is 11.6. The molecule has 0 aliphatic carbocycles. The molecule has 0 bridgehead atoms. The number of nitrogens with one attached hydrogen (secondary N) is 1. The molecule has 0 radical (unpaired) electrons. The van der Waals surface area contributed by atoms with Gasteiger partial charge in [0.05, 0.1) is 20.9 Å². The third kappa shape index (κ3) is 2.25. The summed E-state index contributed by atoms with van der Waals surface area (Å²) in [5.74, 6) is 0. The zero-order valence-corrected chi connectivity index (χ0v) is 11.4. The van der Waals surface area contributed by atoms with Gasteiger partial charge in [0, 0.05) is 12.1 Å². The lowest BCUT2D eigenvalue weighted by Crippen LogP contribution is -2.04. The van der Waals surface area contributed by atoms with Crippen LogP contribution in [0.15, 0.2) is 58.6 Å². The lowest BCUT2D eigenvalue weighted by Gasteiger charge is -2.00. The Balaban J connectivity index is 2.09. The maximum atomic E-state index is 12.4. The molecule has 1 N–H and O–H groups in total. The molecule has 1 aromatic heterocycles. The monoisotopic (exact) mass is 303 g/mol. The molecule has 1 heterocycles. The van der Waals surface area contributed by atoms with Crippen LogP contribution in [-0.2, 0) is 9.84 Å². The van der Waals surface area contributed by atoms with Crippen molar-refractivity contribution in [1.82, 2.24) is 9.97 Å². The Morgan fingerprint density at radius 2 is 1.71 bits per heavy atom. The Morgan fingerprint density at radius 1 is 1.05 bits per heavy atom. The van der Waals surface area contributed by atoms with Gasteiger partial charge in [-0.25, -0.2) is 13.4 Å². The zero-order chi connectivity index (χ0) is 15.0. The summed E-state index contributed by atoms with van der Waals surface area (Å²) in [6.07, 6.45) is 0. The summed E-state index contributed by atoms with van der Waals surface area (Å²) in [5.41, 5.74) is 0.981. The fraction of sp³-hybridized carbons (Fsp3) is 0. The number of rotatable bonds is 3. The number of hydrogen-bond donors (Lipinski definition) is 1. The van der Waals surface area contributed by atoms with Crippen molar-refractivity contribution in [2.75, 3.05) is 0 Å². The van der Waals surface area contributed by atoms with Crippen LogP contribution in [0.3, 0.4) is 0 Å². The molecule has 2 aromatic carbocycles. The first-order valence-corrected chi connectivity index (χ1v) is 7.41. The third-order valence-corrected chi connectivity index (χ3v) is 4.58. The highest BCUT2D eigenvalue weighted by Crippen LogP contribution is 2.23. The van der Waals surface area contributed by atoms with E-state index in [1.165, 1.54) is 12.1 Å². The van der Waals surface area contributed by atoms with Gasteiger partial charge in [-0.15, -0.1) is 0 Å². The Bertz CT molecular complexity index is 896. The largest absolute Gasteiger partial charge is 0.328 e. The van der Waals surface area contributed by atoms with E-state index in [1.807, 2.05) is 0 Å². The average molecular weight is 303 g/mol. The maximum Gasteiger partial charge on any atom is 0.269 e. The van der Waals surface area contributed by atoms with E-state index in [2.05, 4.69) is 9.97 Å². The first kappa shape index (κ1) is 13.3. The molecule has 21 heavy (non-hydrogen) atoms. The van der Waals surface area contributed by atoms with Crippen LogP contribution in [0.25, 0.3) is 11.0 Å². The number of nitro groups is 1. The summed E-state index contributed by atoms with van der Waals surface area (Å²) < 4.78 is 24.8. The van der Waals surface area contributed by atoms with E-state index >= 15 is 0 Å². The molecule has 8 heteroatoms. The molecule has 0 fully saturated rings. The molecule has 3 rings (SSSR count). The molecule has 0 amide bonds. The Kier molecular flexibility index (Phi) is 2.95. The average Bonchev–Trinajstić information content (AvgIpc) is 2.92. The fourth-order valence-electron chi connectivity index (χ4n) is 1.92. The van der Waals surface area contributed by atoms with Gasteiger partial charge in [0.25, 0.3) is 5.69 Å². The van der Waals surface area contributed by atoms with Gasteiger partial charge in [0.2, 0.25) is 15.0 Å². The second-order valence-corrected chi connectivity index (χ2v) is 6.18. The topological polar surface area (TPSA) is 106 Å². The van der Waals surface area contributed by atoms with Crippen molar-refractivity contribution >= 4 is 26.6 Å². The molecule has 0 aliphatic heterocycles. The summed E-state index contributed by atoms with van der Waals surface area (Å²) in [7, 11) is -3.83. The van der Waals surface area contributed by atoms with E-state index in [4.69, 9.17) is 0 Å². The molecule has 0 saturated heterocycles. The van der Waals surface area contributed by atoms with Crippen molar-refractivity contribution in [2.45, 2.75) is 10.1 Å². The number of aromatic nitrogens is 2. The molecule has 0 saturated carbocycles. The number of aromatic amines is 1. The van der Waals surface area contributed by atoms with Gasteiger partial charge < -0.3 is 4.98 Å². The minimum Gasteiger partial charge on any atom is -0.328 e. The van der Waals surface area contributed by atoms with E-state index in [1.54, 1.807) is 24.3 Å². The van der Waals surface area contributed by atoms with Gasteiger partial charge in [-0.2, -0.15) is 0 Å². The summed E-state index contributed by atoms with van der Waals surface area (Å²) >= 11 is 0. The molecule has 3 aromatic rings. The number of nitro benzene ring substituents is 1. The van der Waals surface area contributed by atoms with Gasteiger partial charge in [0.1, 0.15) is 0 Å². The minimum atomic E-state index is -3.83. The second kappa shape index (κ2) is 4.67. The Morgan fingerprint density at radius 3 is 2.33 bits per heavy atom. The summed E-state index contributed by atoms with van der Waals surface area (Å²) in [6.45, 7) is 0. The van der Waals surface area contributed by atoms with Gasteiger partial charge in [0.15, 0.2) is 0 Å². The molecule has 0 spiro atoms. The van der Waals surface area contributed by atoms with E-state index in [-0.39, 0.29) is 15.7 Å². The van der Waals surface area contributed by atoms with E-state index in [9.17, 15) is 18.5 Å². The molecular weight excluding hydrogens is 294 g/mol. The number of sulfone groups is 1. The number of imidazole rings is 1. The van der Waals surface area contributed by atoms with Crippen molar-refractivity contribution < 1.29 is 13.3 Å². The zero-order valence-electron chi connectivity index (χ0n) is 10.6. The fourth-order valence-corrected chi connectivity index (χ4v) is 3.10. The number of benzene rings is 2. The van der Waals surface area contributed by atoms with Crippen LogP contribution in [0.1, 0.15) is 0 Å². The number of hydrogen-bond acceptors (Lipinski definition) is 5. The lowest BCUT2D eigenvalue weighted by atomic mass is 10.3. The molecular formula is C13H9N3O4S. The van der Waals surface area contributed by atoms with Gasteiger partial charge in [-0.3, -0.25) is 10.1 Å². The van der Waals surface area contributed by atoms with E-state index < -0.39 is 14.8 Å². The molecule has 0 aliphatic rings. The van der Waals surface area contributed by atoms with Crippen LogP contribution >= 0.6 is 0 Å². The van der Waals surface area contributed by atoms with Crippen molar-refractivity contribution in [3.05, 3.63) is 58.6 Å². The highest BCUT2D eigenvalue weighted by Gasteiger charge is 2.22. The predicted octanol–water partition coefficient (Wildman–Crippen LogP) is 2.30. The van der Waals surface area contributed by atoms with Crippen LogP contribution in [0.2, 0.25) is 0 Å². The smallest absolute Gasteiger partial charge is 0.269 e. The predicted molar refractivity (Wildman–Crippen MR) is 74.6 cm³/mol. The molecule has 7 nitrogen and oxygen atoms in total. The van der Waals surface area contributed by atoms with Gasteiger partial charge >= 0.3 is 0 Å². The van der Waals surface area contributed by atoms with Crippen molar-refractivity contribution in [2.24, 2.45) is 0 Å². The standard InChI is InChI=1S/C13H9N3O4S/c17-16(18)9-5-7-10(8-6-9)21(19,20)13-14-11-3-1-2-4-12(11)15-13/h1-8H,(H,14,15). The third-order valence-electron chi connectivity index (χ3n) is 2.98. The summed E-state index contributed by atoms with van der Waals surface area (Å²) in [5, 5.41) is 10.4. The van der Waals surface area contributed by atoms with Crippen LogP contribution in [0.5, 0.6) is 0 Å². The van der Waals surface area contributed by atoms with Crippen LogP contribution in [-0.4, -0.2) is 23.3 Å². The van der Waals surface area contributed by atoms with Gasteiger partial charge in [-0.05, 0) is 24.3 Å². The van der Waals surface area contributed by atoms with Crippen LogP contribution < -0.4 is 0 Å². The first-order chi connectivity index (χ1) is 9.98. The Hall–Kier alpha value is -2.74.